The molecule has 1 N–H and O–H groups in total. The largest absolute Gasteiger partial charge is 0.296 e. The van der Waals surface area contributed by atoms with Crippen LogP contribution in [0.4, 0.5) is 0 Å². The van der Waals surface area contributed by atoms with Crippen molar-refractivity contribution in [1.29, 1.82) is 0 Å². The molecule has 4 nitrogen and oxygen atoms in total. The number of nitrogens with one attached hydrogen (secondary N) is 1. The number of aromatic amines is 1. The highest BCUT2D eigenvalue weighted by atomic mass is 16.1. The molecule has 4 rings (SSSR count). The van der Waals surface area contributed by atoms with Gasteiger partial charge in [0, 0.05) is 24.0 Å². The molecule has 2 aromatic heterocycles. The smallest absolute Gasteiger partial charge is 0.272 e. The van der Waals surface area contributed by atoms with Crippen LogP contribution >= 0.6 is 0 Å². The maximum Gasteiger partial charge on any atom is 0.272 e. The SMILES string of the molecule is Cc1cccc(Cc2ccc(-c3c[nH]n4c(=O)ccnc34)cc2)c1. The van der Waals surface area contributed by atoms with Crippen molar-refractivity contribution in [3.05, 3.63) is 94.0 Å². The molecule has 0 amide bonds. The molecule has 4 heteroatoms. The van der Waals surface area contributed by atoms with Crippen molar-refractivity contribution in [3.63, 3.8) is 0 Å². The predicted octanol–water partition coefficient (Wildman–Crippen LogP) is 3.59. The number of rotatable bonds is 3. The number of aryl methyl sites for hydroxylation is 1. The van der Waals surface area contributed by atoms with Crippen LogP contribution < -0.4 is 5.56 Å². The van der Waals surface area contributed by atoms with Gasteiger partial charge in [-0.25, -0.2) is 9.50 Å². The maximum atomic E-state index is 11.8. The first-order chi connectivity index (χ1) is 11.7. The fourth-order valence-corrected chi connectivity index (χ4v) is 2.99. The van der Waals surface area contributed by atoms with Crippen LogP contribution in [0.15, 0.2) is 71.8 Å². The van der Waals surface area contributed by atoms with Crippen molar-refractivity contribution < 1.29 is 0 Å². The van der Waals surface area contributed by atoms with Gasteiger partial charge in [0.15, 0.2) is 5.65 Å². The first-order valence-corrected chi connectivity index (χ1v) is 7.91. The van der Waals surface area contributed by atoms with Gasteiger partial charge in [0.2, 0.25) is 0 Å². The van der Waals surface area contributed by atoms with E-state index in [0.29, 0.717) is 5.65 Å². The summed E-state index contributed by atoms with van der Waals surface area (Å²) in [5, 5.41) is 2.96. The van der Waals surface area contributed by atoms with Crippen molar-refractivity contribution in [3.8, 4) is 11.1 Å². The quantitative estimate of drug-likeness (QED) is 0.628. The number of H-pyrrole nitrogens is 1. The molecule has 0 fully saturated rings. The van der Waals surface area contributed by atoms with Crippen LogP contribution in [0.2, 0.25) is 0 Å². The summed E-state index contributed by atoms with van der Waals surface area (Å²) in [6.45, 7) is 2.11. The summed E-state index contributed by atoms with van der Waals surface area (Å²) in [5.74, 6) is 0. The molecular weight excluding hydrogens is 298 g/mol. The molecule has 0 bridgehead atoms. The lowest BCUT2D eigenvalue weighted by atomic mass is 10.0. The Morgan fingerprint density at radius 1 is 1.04 bits per heavy atom. The van der Waals surface area contributed by atoms with Crippen LogP contribution in [0.1, 0.15) is 16.7 Å². The first kappa shape index (κ1) is 14.5. The van der Waals surface area contributed by atoms with Crippen LogP contribution in [0.3, 0.4) is 0 Å². The Hall–Kier alpha value is -3.14. The molecule has 0 aliphatic heterocycles. The van der Waals surface area contributed by atoms with Gasteiger partial charge in [-0.2, -0.15) is 0 Å². The Labute approximate surface area is 139 Å². The standard InChI is InChI=1S/C20H17N3O/c1-14-3-2-4-16(11-14)12-15-5-7-17(8-6-15)18-13-22-23-19(24)9-10-21-20(18)23/h2-11,13,22H,12H2,1H3. The first-order valence-electron chi connectivity index (χ1n) is 7.91. The highest BCUT2D eigenvalue weighted by Crippen LogP contribution is 2.23. The summed E-state index contributed by atoms with van der Waals surface area (Å²) in [6.07, 6.45) is 4.27. The van der Waals surface area contributed by atoms with Gasteiger partial charge in [-0.15, -0.1) is 0 Å². The van der Waals surface area contributed by atoms with Gasteiger partial charge >= 0.3 is 0 Å². The Bertz CT molecular complexity index is 1060. The van der Waals surface area contributed by atoms with E-state index in [0.717, 1.165) is 17.5 Å². The number of aromatic nitrogens is 3. The van der Waals surface area contributed by atoms with Crippen molar-refractivity contribution in [2.75, 3.05) is 0 Å². The van der Waals surface area contributed by atoms with Gasteiger partial charge in [0.1, 0.15) is 0 Å². The Morgan fingerprint density at radius 3 is 2.67 bits per heavy atom. The zero-order chi connectivity index (χ0) is 16.5. The van der Waals surface area contributed by atoms with Gasteiger partial charge in [0.25, 0.3) is 5.56 Å². The van der Waals surface area contributed by atoms with E-state index in [-0.39, 0.29) is 5.56 Å². The Morgan fingerprint density at radius 2 is 1.88 bits per heavy atom. The monoisotopic (exact) mass is 315 g/mol. The van der Waals surface area contributed by atoms with Gasteiger partial charge in [-0.3, -0.25) is 9.89 Å². The molecule has 2 aromatic carbocycles. The molecule has 0 spiro atoms. The molecule has 0 radical (unpaired) electrons. The number of benzene rings is 2. The van der Waals surface area contributed by atoms with Gasteiger partial charge in [-0.1, -0.05) is 54.1 Å². The van der Waals surface area contributed by atoms with Gasteiger partial charge in [-0.05, 0) is 30.0 Å². The minimum atomic E-state index is -0.109. The summed E-state index contributed by atoms with van der Waals surface area (Å²) >= 11 is 0. The zero-order valence-corrected chi connectivity index (χ0v) is 13.4. The molecule has 118 valence electrons. The normalized spacial score (nSPS) is 11.0. The molecule has 24 heavy (non-hydrogen) atoms. The van der Waals surface area contributed by atoms with E-state index >= 15 is 0 Å². The number of hydrogen-bond acceptors (Lipinski definition) is 2. The van der Waals surface area contributed by atoms with Crippen molar-refractivity contribution in [2.45, 2.75) is 13.3 Å². The summed E-state index contributed by atoms with van der Waals surface area (Å²) in [5.41, 5.74) is 6.35. The second kappa shape index (κ2) is 5.81. The minimum absolute atomic E-state index is 0.109. The van der Waals surface area contributed by atoms with E-state index in [1.54, 1.807) is 6.20 Å². The fraction of sp³-hybridized carbons (Fsp3) is 0.100. The highest BCUT2D eigenvalue weighted by molar-refractivity contribution is 5.76. The van der Waals surface area contributed by atoms with E-state index in [1.807, 2.05) is 6.20 Å². The summed E-state index contributed by atoms with van der Waals surface area (Å²) in [7, 11) is 0. The van der Waals surface area contributed by atoms with Crippen molar-refractivity contribution >= 4 is 5.65 Å². The van der Waals surface area contributed by atoms with E-state index in [1.165, 1.54) is 27.3 Å². The van der Waals surface area contributed by atoms with E-state index < -0.39 is 0 Å². The molecular formula is C20H17N3O. The van der Waals surface area contributed by atoms with Crippen molar-refractivity contribution in [2.24, 2.45) is 0 Å². The van der Waals surface area contributed by atoms with Gasteiger partial charge < -0.3 is 0 Å². The second-order valence-electron chi connectivity index (χ2n) is 5.99. The summed E-state index contributed by atoms with van der Waals surface area (Å²) in [4.78, 5) is 16.1. The van der Waals surface area contributed by atoms with Gasteiger partial charge in [0.05, 0.1) is 0 Å². The molecule has 4 aromatic rings. The van der Waals surface area contributed by atoms with E-state index in [9.17, 15) is 4.79 Å². The molecule has 0 unspecified atom stereocenters. The lowest BCUT2D eigenvalue weighted by Crippen LogP contribution is -2.12. The highest BCUT2D eigenvalue weighted by Gasteiger charge is 2.08. The van der Waals surface area contributed by atoms with E-state index in [4.69, 9.17) is 0 Å². The fourth-order valence-electron chi connectivity index (χ4n) is 2.99. The third-order valence-corrected chi connectivity index (χ3v) is 4.18. The van der Waals surface area contributed by atoms with E-state index in [2.05, 4.69) is 65.5 Å². The minimum Gasteiger partial charge on any atom is -0.296 e. The topological polar surface area (TPSA) is 50.2 Å². The average Bonchev–Trinajstić information content (AvgIpc) is 3.01. The molecule has 0 aliphatic rings. The molecule has 0 aliphatic carbocycles. The lowest BCUT2D eigenvalue weighted by molar-refractivity contribution is 0.899. The molecule has 2 heterocycles. The third-order valence-electron chi connectivity index (χ3n) is 4.18. The number of nitrogens with zero attached hydrogens (tertiary/aromatic N) is 2. The molecule has 0 atom stereocenters. The molecule has 0 saturated heterocycles. The zero-order valence-electron chi connectivity index (χ0n) is 13.4. The third kappa shape index (κ3) is 2.63. The van der Waals surface area contributed by atoms with Crippen LogP contribution in [-0.4, -0.2) is 14.6 Å². The number of fused-ring (bicyclic) bond motifs is 1. The van der Waals surface area contributed by atoms with Crippen LogP contribution in [0.25, 0.3) is 16.8 Å². The average molecular weight is 315 g/mol. The van der Waals surface area contributed by atoms with Crippen LogP contribution in [-0.2, 0) is 6.42 Å². The second-order valence-corrected chi connectivity index (χ2v) is 5.99. The maximum absolute atomic E-state index is 11.8. The lowest BCUT2D eigenvalue weighted by Gasteiger charge is -2.05. The summed E-state index contributed by atoms with van der Waals surface area (Å²) in [6, 6.07) is 18.4. The molecule has 0 saturated carbocycles. The summed E-state index contributed by atoms with van der Waals surface area (Å²) < 4.78 is 1.45. The predicted molar refractivity (Wildman–Crippen MR) is 95.2 cm³/mol. The van der Waals surface area contributed by atoms with Crippen molar-refractivity contribution in [1.82, 2.24) is 14.6 Å². The van der Waals surface area contributed by atoms with Crippen LogP contribution in [0, 0.1) is 6.92 Å². The Balaban J connectivity index is 1.66. The number of hydrogen-bond donors (Lipinski definition) is 1. The Kier molecular flexibility index (Phi) is 3.50. The van der Waals surface area contributed by atoms with Crippen LogP contribution in [0.5, 0.6) is 0 Å².